The van der Waals surface area contributed by atoms with Crippen molar-refractivity contribution in [1.29, 1.82) is 0 Å². The van der Waals surface area contributed by atoms with E-state index >= 15 is 0 Å². The third-order valence-electron chi connectivity index (χ3n) is 2.63. The van der Waals surface area contributed by atoms with E-state index < -0.39 is 37.4 Å². The Hall–Kier alpha value is -1.91. The summed E-state index contributed by atoms with van der Waals surface area (Å²) in [5, 5.41) is 59.8. The third kappa shape index (κ3) is 7.20. The maximum atomic E-state index is 10.4. The van der Waals surface area contributed by atoms with E-state index in [0.29, 0.717) is 5.56 Å². The fraction of sp³-hybridized carbons (Fsp3) is 0.462. The van der Waals surface area contributed by atoms with Gasteiger partial charge in [0.2, 0.25) is 0 Å². The number of aliphatic carboxylic acids is 1. The lowest BCUT2D eigenvalue weighted by Crippen LogP contribution is -2.32. The van der Waals surface area contributed by atoms with Gasteiger partial charge in [-0.15, -0.1) is 0 Å². The lowest BCUT2D eigenvalue weighted by Gasteiger charge is -2.10. The second-order valence-corrected chi connectivity index (χ2v) is 4.47. The molecule has 9 heteroatoms. The van der Waals surface area contributed by atoms with Crippen molar-refractivity contribution in [3.05, 3.63) is 23.8 Å². The molecule has 22 heavy (non-hydrogen) atoms. The Balaban J connectivity index is 0.000000472. The Morgan fingerprint density at radius 3 is 1.91 bits per heavy atom. The van der Waals surface area contributed by atoms with Crippen LogP contribution in [0.15, 0.2) is 18.2 Å². The summed E-state index contributed by atoms with van der Waals surface area (Å²) in [4.78, 5) is 10.4. The summed E-state index contributed by atoms with van der Waals surface area (Å²) in [5.41, 5.74) is 5.86. The van der Waals surface area contributed by atoms with Crippen molar-refractivity contribution in [1.82, 2.24) is 0 Å². The van der Waals surface area contributed by atoms with Gasteiger partial charge >= 0.3 is 5.97 Å². The van der Waals surface area contributed by atoms with Gasteiger partial charge in [-0.3, -0.25) is 4.79 Å². The predicted molar refractivity (Wildman–Crippen MR) is 75.3 cm³/mol. The summed E-state index contributed by atoms with van der Waals surface area (Å²) in [6.07, 6.45) is -2.33. The number of carboxylic acid groups (broad SMARTS) is 1. The van der Waals surface area contributed by atoms with E-state index in [1.807, 2.05) is 0 Å². The van der Waals surface area contributed by atoms with E-state index in [-0.39, 0.29) is 17.9 Å². The first-order chi connectivity index (χ1) is 10.2. The van der Waals surface area contributed by atoms with Crippen molar-refractivity contribution in [2.45, 2.75) is 24.7 Å². The Labute approximate surface area is 126 Å². The standard InChI is InChI=1S/C9H11NO4.C4H10O4/c10-6(9(13)14)3-5-1-2-7(11)8(12)4-5;5-1-3(7)4(8)2-6/h1-2,4,6,11-12H,3,10H2,(H,13,14);3-8H,1-2H2/t6-;/m0./s1. The zero-order chi connectivity index (χ0) is 17.3. The molecule has 0 aromatic heterocycles. The minimum Gasteiger partial charge on any atom is -0.504 e. The Morgan fingerprint density at radius 1 is 1.05 bits per heavy atom. The molecule has 1 aromatic rings. The zero-order valence-corrected chi connectivity index (χ0v) is 11.7. The Bertz CT molecular complexity index is 459. The van der Waals surface area contributed by atoms with Crippen LogP contribution in [0.2, 0.25) is 0 Å². The highest BCUT2D eigenvalue weighted by Gasteiger charge is 2.13. The molecule has 9 N–H and O–H groups in total. The quantitative estimate of drug-likeness (QED) is 0.268. The molecule has 0 bridgehead atoms. The van der Waals surface area contributed by atoms with Crippen molar-refractivity contribution in [3.8, 4) is 11.5 Å². The largest absolute Gasteiger partial charge is 0.504 e. The number of aromatic hydroxyl groups is 2. The number of benzene rings is 1. The summed E-state index contributed by atoms with van der Waals surface area (Å²) in [6, 6.07) is 3.09. The van der Waals surface area contributed by atoms with Crippen LogP contribution in [-0.4, -0.2) is 73.2 Å². The first-order valence-corrected chi connectivity index (χ1v) is 6.30. The van der Waals surface area contributed by atoms with Crippen LogP contribution >= 0.6 is 0 Å². The van der Waals surface area contributed by atoms with Gasteiger partial charge in [0, 0.05) is 0 Å². The van der Waals surface area contributed by atoms with Crippen LogP contribution in [0.5, 0.6) is 11.5 Å². The molecule has 126 valence electrons. The summed E-state index contributed by atoms with van der Waals surface area (Å²) < 4.78 is 0. The molecule has 0 aliphatic heterocycles. The third-order valence-corrected chi connectivity index (χ3v) is 2.63. The number of nitrogens with two attached hydrogens (primary N) is 1. The van der Waals surface area contributed by atoms with Gasteiger partial charge in [0.1, 0.15) is 18.2 Å². The number of hydrogen-bond donors (Lipinski definition) is 8. The van der Waals surface area contributed by atoms with E-state index in [2.05, 4.69) is 0 Å². The molecule has 0 radical (unpaired) electrons. The molecule has 9 nitrogen and oxygen atoms in total. The molecule has 0 saturated carbocycles. The molecular formula is C13H21NO8. The van der Waals surface area contributed by atoms with Gasteiger partial charge in [0.05, 0.1) is 13.2 Å². The van der Waals surface area contributed by atoms with Gasteiger partial charge in [-0.1, -0.05) is 6.07 Å². The first kappa shape index (κ1) is 20.1. The molecular weight excluding hydrogens is 298 g/mol. The second kappa shape index (κ2) is 9.92. The first-order valence-electron chi connectivity index (χ1n) is 6.30. The molecule has 3 atom stereocenters. The summed E-state index contributed by atoms with van der Waals surface area (Å²) >= 11 is 0. The zero-order valence-electron chi connectivity index (χ0n) is 11.7. The molecule has 1 rings (SSSR count). The van der Waals surface area contributed by atoms with E-state index in [0.717, 1.165) is 0 Å². The fourth-order valence-electron chi connectivity index (χ4n) is 1.28. The van der Waals surface area contributed by atoms with Crippen LogP contribution in [0.3, 0.4) is 0 Å². The molecule has 0 aliphatic rings. The number of carbonyl (C=O) groups is 1. The lowest BCUT2D eigenvalue weighted by atomic mass is 10.1. The van der Waals surface area contributed by atoms with Gasteiger partial charge in [-0.25, -0.2) is 0 Å². The molecule has 0 amide bonds. The van der Waals surface area contributed by atoms with Crippen molar-refractivity contribution >= 4 is 5.97 Å². The number of aliphatic hydroxyl groups excluding tert-OH is 4. The minimum atomic E-state index is -1.22. The van der Waals surface area contributed by atoms with Crippen LogP contribution in [0.1, 0.15) is 5.56 Å². The fourth-order valence-corrected chi connectivity index (χ4v) is 1.28. The smallest absolute Gasteiger partial charge is 0.320 e. The van der Waals surface area contributed by atoms with Gasteiger partial charge in [-0.05, 0) is 24.1 Å². The van der Waals surface area contributed by atoms with Crippen LogP contribution in [-0.2, 0) is 11.2 Å². The summed E-state index contributed by atoms with van der Waals surface area (Å²) in [7, 11) is 0. The number of phenols is 2. The van der Waals surface area contributed by atoms with E-state index in [1.165, 1.54) is 18.2 Å². The number of phenolic OH excluding ortho intramolecular Hbond substituents is 2. The SMILES string of the molecule is N[C@@H](Cc1ccc(O)c(O)c1)C(=O)O.OCC(O)C(O)CO. The molecule has 0 heterocycles. The molecule has 0 spiro atoms. The summed E-state index contributed by atoms with van der Waals surface area (Å²) in [6.45, 7) is -1.05. The number of aliphatic hydroxyl groups is 4. The minimum absolute atomic E-state index is 0.114. The van der Waals surface area contributed by atoms with E-state index in [9.17, 15) is 4.79 Å². The highest BCUT2D eigenvalue weighted by Crippen LogP contribution is 2.25. The summed E-state index contributed by atoms with van der Waals surface area (Å²) in [5.74, 6) is -1.62. The predicted octanol–water partition coefficient (Wildman–Crippen LogP) is -2.25. The van der Waals surface area contributed by atoms with Crippen LogP contribution in [0.25, 0.3) is 0 Å². The van der Waals surface area contributed by atoms with Gasteiger partial charge in [0.15, 0.2) is 11.5 Å². The highest BCUT2D eigenvalue weighted by atomic mass is 16.4. The van der Waals surface area contributed by atoms with Crippen molar-refractivity contribution in [2.24, 2.45) is 5.73 Å². The highest BCUT2D eigenvalue weighted by molar-refractivity contribution is 5.73. The Morgan fingerprint density at radius 2 is 1.55 bits per heavy atom. The van der Waals surface area contributed by atoms with E-state index in [4.69, 9.17) is 41.5 Å². The van der Waals surface area contributed by atoms with Crippen molar-refractivity contribution in [2.75, 3.05) is 13.2 Å². The Kier molecular flexibility index (Phi) is 9.06. The van der Waals surface area contributed by atoms with Crippen LogP contribution in [0.4, 0.5) is 0 Å². The van der Waals surface area contributed by atoms with Crippen LogP contribution < -0.4 is 5.73 Å². The normalized spacial score (nSPS) is 14.4. The van der Waals surface area contributed by atoms with E-state index in [1.54, 1.807) is 0 Å². The average molecular weight is 319 g/mol. The molecule has 1 aromatic carbocycles. The topological polar surface area (TPSA) is 185 Å². The van der Waals surface area contributed by atoms with Crippen molar-refractivity contribution < 1.29 is 40.5 Å². The van der Waals surface area contributed by atoms with Gasteiger partial charge in [0.25, 0.3) is 0 Å². The maximum Gasteiger partial charge on any atom is 0.320 e. The van der Waals surface area contributed by atoms with Gasteiger partial charge in [-0.2, -0.15) is 0 Å². The van der Waals surface area contributed by atoms with Gasteiger partial charge < -0.3 is 41.5 Å². The molecule has 2 unspecified atom stereocenters. The molecule has 0 saturated heterocycles. The average Bonchev–Trinajstić information content (AvgIpc) is 2.49. The monoisotopic (exact) mass is 319 g/mol. The second-order valence-electron chi connectivity index (χ2n) is 4.47. The maximum absolute atomic E-state index is 10.4. The number of carboxylic acids is 1. The molecule has 0 fully saturated rings. The molecule has 0 aliphatic carbocycles. The lowest BCUT2D eigenvalue weighted by molar-refractivity contribution is -0.138. The van der Waals surface area contributed by atoms with Crippen molar-refractivity contribution in [3.63, 3.8) is 0 Å². The number of rotatable bonds is 6. The van der Waals surface area contributed by atoms with Crippen LogP contribution in [0, 0.1) is 0 Å². The number of hydrogen-bond acceptors (Lipinski definition) is 8.